The van der Waals surface area contributed by atoms with E-state index in [0.29, 0.717) is 5.56 Å². The molecule has 1 aliphatic heterocycles. The number of fused-ring (bicyclic) bond motifs is 3. The van der Waals surface area contributed by atoms with Crippen molar-refractivity contribution in [3.05, 3.63) is 29.7 Å². The van der Waals surface area contributed by atoms with Crippen molar-refractivity contribution in [2.24, 2.45) is 5.73 Å². The first-order valence-electron chi connectivity index (χ1n) is 5.31. The fourth-order valence-electron chi connectivity index (χ4n) is 2.31. The van der Waals surface area contributed by atoms with Crippen molar-refractivity contribution >= 4 is 11.6 Å². The van der Waals surface area contributed by atoms with E-state index in [9.17, 15) is 4.79 Å². The van der Waals surface area contributed by atoms with Gasteiger partial charge in [0.15, 0.2) is 11.8 Å². The summed E-state index contributed by atoms with van der Waals surface area (Å²) in [6, 6.07) is 1.80. The summed E-state index contributed by atoms with van der Waals surface area (Å²) in [6.45, 7) is 3.77. The molecule has 6 nitrogen and oxygen atoms in total. The van der Waals surface area contributed by atoms with Crippen LogP contribution in [0.3, 0.4) is 0 Å². The summed E-state index contributed by atoms with van der Waals surface area (Å²) in [5.74, 6) is -0.509. The van der Waals surface area contributed by atoms with E-state index in [1.165, 1.54) is 0 Å². The van der Waals surface area contributed by atoms with Crippen LogP contribution in [0.2, 0.25) is 0 Å². The summed E-state index contributed by atoms with van der Waals surface area (Å²) in [4.78, 5) is 15.6. The standard InChI is InChI=1S/C11H12N4O2/c1-11(2)9-6(8(17-11)10(12)16)5-13-7-3-4-14-15(7)9/h3-5,8H,1-2H3,(H2,12,16). The Balaban J connectivity index is 2.35. The van der Waals surface area contributed by atoms with Crippen LogP contribution in [0.15, 0.2) is 18.5 Å². The Bertz CT molecular complexity index is 617. The highest BCUT2D eigenvalue weighted by molar-refractivity contribution is 5.81. The molecular formula is C11H12N4O2. The second-order valence-corrected chi connectivity index (χ2v) is 4.57. The Kier molecular flexibility index (Phi) is 1.83. The number of carbonyl (C=O) groups is 1. The molecule has 1 amide bonds. The van der Waals surface area contributed by atoms with Gasteiger partial charge in [0.1, 0.15) is 5.60 Å². The Labute approximate surface area is 97.4 Å². The third kappa shape index (κ3) is 1.27. The zero-order valence-electron chi connectivity index (χ0n) is 9.54. The molecule has 0 saturated carbocycles. The number of primary amides is 1. The molecule has 1 atom stereocenters. The predicted molar refractivity (Wildman–Crippen MR) is 59.0 cm³/mol. The van der Waals surface area contributed by atoms with Gasteiger partial charge in [-0.15, -0.1) is 0 Å². The van der Waals surface area contributed by atoms with Gasteiger partial charge in [-0.1, -0.05) is 0 Å². The highest BCUT2D eigenvalue weighted by Gasteiger charge is 2.43. The lowest BCUT2D eigenvalue weighted by Crippen LogP contribution is -2.24. The average Bonchev–Trinajstić information content (AvgIpc) is 2.80. The van der Waals surface area contributed by atoms with Gasteiger partial charge in [0.2, 0.25) is 0 Å². The van der Waals surface area contributed by atoms with Gasteiger partial charge in [-0.3, -0.25) is 4.79 Å². The van der Waals surface area contributed by atoms with E-state index in [1.54, 1.807) is 23.0 Å². The molecule has 6 heteroatoms. The molecule has 2 aromatic heterocycles. The van der Waals surface area contributed by atoms with E-state index in [0.717, 1.165) is 11.3 Å². The smallest absolute Gasteiger partial charge is 0.251 e. The van der Waals surface area contributed by atoms with E-state index in [-0.39, 0.29) is 0 Å². The first kappa shape index (κ1) is 10.2. The first-order chi connectivity index (χ1) is 8.00. The summed E-state index contributed by atoms with van der Waals surface area (Å²) in [6.07, 6.45) is 2.55. The number of carbonyl (C=O) groups excluding carboxylic acids is 1. The maximum absolute atomic E-state index is 11.4. The van der Waals surface area contributed by atoms with E-state index in [2.05, 4.69) is 10.1 Å². The van der Waals surface area contributed by atoms with Crippen LogP contribution in [-0.2, 0) is 15.1 Å². The molecular weight excluding hydrogens is 220 g/mol. The van der Waals surface area contributed by atoms with Crippen LogP contribution in [0.1, 0.15) is 31.2 Å². The fraction of sp³-hybridized carbons (Fsp3) is 0.364. The van der Waals surface area contributed by atoms with Gasteiger partial charge in [0.05, 0.1) is 11.9 Å². The van der Waals surface area contributed by atoms with Gasteiger partial charge >= 0.3 is 0 Å². The van der Waals surface area contributed by atoms with E-state index >= 15 is 0 Å². The van der Waals surface area contributed by atoms with Crippen LogP contribution in [0.4, 0.5) is 0 Å². The normalized spacial score (nSPS) is 21.6. The third-order valence-electron chi connectivity index (χ3n) is 2.97. The van der Waals surface area contributed by atoms with Gasteiger partial charge in [-0.2, -0.15) is 5.10 Å². The zero-order chi connectivity index (χ0) is 12.2. The lowest BCUT2D eigenvalue weighted by molar-refractivity contribution is -0.137. The lowest BCUT2D eigenvalue weighted by atomic mass is 10.0. The van der Waals surface area contributed by atoms with Crippen LogP contribution in [0.5, 0.6) is 0 Å². The highest BCUT2D eigenvalue weighted by atomic mass is 16.5. The minimum Gasteiger partial charge on any atom is -0.367 e. The molecule has 2 N–H and O–H groups in total. The molecule has 1 unspecified atom stereocenters. The maximum Gasteiger partial charge on any atom is 0.251 e. The molecule has 0 aromatic carbocycles. The number of amides is 1. The van der Waals surface area contributed by atoms with Crippen LogP contribution < -0.4 is 5.73 Å². The third-order valence-corrected chi connectivity index (χ3v) is 2.97. The first-order valence-corrected chi connectivity index (χ1v) is 5.31. The molecule has 3 heterocycles. The topological polar surface area (TPSA) is 82.5 Å². The quantitative estimate of drug-likeness (QED) is 0.777. The highest BCUT2D eigenvalue weighted by Crippen LogP contribution is 2.42. The summed E-state index contributed by atoms with van der Waals surface area (Å²) in [5, 5.41) is 4.20. The van der Waals surface area contributed by atoms with Crippen LogP contribution in [0.25, 0.3) is 5.65 Å². The lowest BCUT2D eigenvalue weighted by Gasteiger charge is -2.19. The van der Waals surface area contributed by atoms with Crippen molar-refractivity contribution in [2.75, 3.05) is 0 Å². The molecule has 0 bridgehead atoms. The van der Waals surface area contributed by atoms with Crippen LogP contribution in [0, 0.1) is 0 Å². The molecule has 0 aliphatic carbocycles. The molecule has 0 radical (unpaired) electrons. The van der Waals surface area contributed by atoms with Crippen molar-refractivity contribution < 1.29 is 9.53 Å². The summed E-state index contributed by atoms with van der Waals surface area (Å²) >= 11 is 0. The number of nitrogens with two attached hydrogens (primary N) is 1. The molecule has 1 aliphatic rings. The van der Waals surface area contributed by atoms with Crippen LogP contribution in [-0.4, -0.2) is 20.5 Å². The predicted octanol–water partition coefficient (Wildman–Crippen LogP) is 0.521. The fourth-order valence-corrected chi connectivity index (χ4v) is 2.31. The molecule has 3 rings (SSSR count). The summed E-state index contributed by atoms with van der Waals surface area (Å²) < 4.78 is 7.38. The number of rotatable bonds is 1. The van der Waals surface area contributed by atoms with Crippen molar-refractivity contribution in [1.29, 1.82) is 0 Å². The number of ether oxygens (including phenoxy) is 1. The second kappa shape index (κ2) is 3.04. The van der Waals surface area contributed by atoms with Crippen molar-refractivity contribution in [2.45, 2.75) is 25.6 Å². The Morgan fingerprint density at radius 3 is 3.06 bits per heavy atom. The Morgan fingerprint density at radius 2 is 2.35 bits per heavy atom. The minimum absolute atomic E-state index is 0.509. The minimum atomic E-state index is -0.749. The van der Waals surface area contributed by atoms with Gasteiger partial charge in [0.25, 0.3) is 5.91 Å². The van der Waals surface area contributed by atoms with E-state index < -0.39 is 17.6 Å². The molecule has 0 fully saturated rings. The monoisotopic (exact) mass is 232 g/mol. The molecule has 2 aromatic rings. The molecule has 0 saturated heterocycles. The molecule has 17 heavy (non-hydrogen) atoms. The Hall–Kier alpha value is -1.95. The number of hydrogen-bond donors (Lipinski definition) is 1. The van der Waals surface area contributed by atoms with E-state index in [1.807, 2.05) is 13.8 Å². The second-order valence-electron chi connectivity index (χ2n) is 4.57. The molecule has 0 spiro atoms. The maximum atomic E-state index is 11.4. The SMILES string of the molecule is CC1(C)OC(C(N)=O)c2cnc3ccnn3c21. The van der Waals surface area contributed by atoms with E-state index in [4.69, 9.17) is 10.5 Å². The number of hydrogen-bond acceptors (Lipinski definition) is 4. The van der Waals surface area contributed by atoms with Gasteiger partial charge in [0, 0.05) is 17.8 Å². The van der Waals surface area contributed by atoms with Crippen molar-refractivity contribution in [3.8, 4) is 0 Å². The van der Waals surface area contributed by atoms with Gasteiger partial charge in [-0.25, -0.2) is 9.50 Å². The van der Waals surface area contributed by atoms with Gasteiger partial charge < -0.3 is 10.5 Å². The number of aromatic nitrogens is 3. The zero-order valence-corrected chi connectivity index (χ0v) is 9.54. The Morgan fingerprint density at radius 1 is 1.59 bits per heavy atom. The number of nitrogens with zero attached hydrogens (tertiary/aromatic N) is 3. The van der Waals surface area contributed by atoms with Crippen molar-refractivity contribution in [3.63, 3.8) is 0 Å². The van der Waals surface area contributed by atoms with Crippen LogP contribution >= 0.6 is 0 Å². The average molecular weight is 232 g/mol. The van der Waals surface area contributed by atoms with Crippen molar-refractivity contribution in [1.82, 2.24) is 14.6 Å². The molecule has 88 valence electrons. The van der Waals surface area contributed by atoms with Gasteiger partial charge in [-0.05, 0) is 13.8 Å². The summed E-state index contributed by atoms with van der Waals surface area (Å²) in [5.41, 5.74) is 6.97. The summed E-state index contributed by atoms with van der Waals surface area (Å²) in [7, 11) is 0. The largest absolute Gasteiger partial charge is 0.367 e.